The molecule has 8 heteroatoms. The van der Waals surface area contributed by atoms with E-state index in [1.807, 2.05) is 72.8 Å². The average molecular weight is 483 g/mol. The van der Waals surface area contributed by atoms with E-state index in [2.05, 4.69) is 34.5 Å². The van der Waals surface area contributed by atoms with Gasteiger partial charge in [0.05, 0.1) is 33.1 Å². The van der Waals surface area contributed by atoms with Crippen LogP contribution >= 0.6 is 7.14 Å². The van der Waals surface area contributed by atoms with Crippen molar-refractivity contribution >= 4 is 56.9 Å². The summed E-state index contributed by atoms with van der Waals surface area (Å²) in [5, 5.41) is 0. The van der Waals surface area contributed by atoms with E-state index < -0.39 is 7.14 Å². The van der Waals surface area contributed by atoms with Gasteiger partial charge in [0.15, 0.2) is 16.7 Å². The minimum atomic E-state index is -3.60. The molecule has 6 rings (SSSR count). The fourth-order valence-electron chi connectivity index (χ4n) is 5.11. The number of hydrogen-bond acceptors (Lipinski definition) is 4. The maximum atomic E-state index is 15.8. The van der Waals surface area contributed by atoms with Gasteiger partial charge in [-0.15, -0.1) is 0 Å². The standard InChI is InChI=1S/C27H27N6OP/c1-4-31-22-16-10-7-13-19(22)28-25(31)35(34,26-29-20-14-8-11-17-23(20)32(26)5-2)27-30-21-15-9-12-18-24(21)33(27)6-3/h7-18H,4-6H2,1-3H3. The topological polar surface area (TPSA) is 70.5 Å². The molecule has 7 nitrogen and oxygen atoms in total. The molecule has 0 aliphatic heterocycles. The highest BCUT2D eigenvalue weighted by Crippen LogP contribution is 2.43. The number of fused-ring (bicyclic) bond motifs is 3. The molecule has 0 N–H and O–H groups in total. The van der Waals surface area contributed by atoms with Gasteiger partial charge in [-0.25, -0.2) is 15.0 Å². The third-order valence-electron chi connectivity index (χ3n) is 6.70. The van der Waals surface area contributed by atoms with Crippen LogP contribution in [0.15, 0.2) is 72.8 Å². The van der Waals surface area contributed by atoms with E-state index in [1.165, 1.54) is 0 Å². The number of benzene rings is 3. The molecule has 3 aromatic heterocycles. The summed E-state index contributed by atoms with van der Waals surface area (Å²) in [5.74, 6) is 0. The maximum Gasteiger partial charge on any atom is 0.272 e. The summed E-state index contributed by atoms with van der Waals surface area (Å²) in [7, 11) is -3.60. The molecular formula is C27H27N6OP. The predicted molar refractivity (Wildman–Crippen MR) is 143 cm³/mol. The smallest absolute Gasteiger partial charge is 0.272 e. The van der Waals surface area contributed by atoms with Crippen LogP contribution in [0.3, 0.4) is 0 Å². The van der Waals surface area contributed by atoms with E-state index in [0.29, 0.717) is 36.3 Å². The van der Waals surface area contributed by atoms with Crippen molar-refractivity contribution in [1.82, 2.24) is 28.7 Å². The van der Waals surface area contributed by atoms with Gasteiger partial charge in [0.1, 0.15) is 0 Å². The van der Waals surface area contributed by atoms with Crippen molar-refractivity contribution in [1.29, 1.82) is 0 Å². The van der Waals surface area contributed by atoms with Crippen LogP contribution < -0.4 is 16.7 Å². The van der Waals surface area contributed by atoms with Crippen molar-refractivity contribution in [2.24, 2.45) is 0 Å². The second-order valence-electron chi connectivity index (χ2n) is 8.54. The van der Waals surface area contributed by atoms with Gasteiger partial charge in [0.25, 0.3) is 7.14 Å². The van der Waals surface area contributed by atoms with Gasteiger partial charge >= 0.3 is 0 Å². The molecule has 3 heterocycles. The molecule has 0 aliphatic rings. The molecule has 0 saturated carbocycles. The highest BCUT2D eigenvalue weighted by atomic mass is 31.2. The first-order valence-corrected chi connectivity index (χ1v) is 13.8. The molecule has 0 amide bonds. The Balaban J connectivity index is 1.80. The summed E-state index contributed by atoms with van der Waals surface area (Å²) in [5.41, 5.74) is 6.92. The Morgan fingerprint density at radius 3 is 1.11 bits per heavy atom. The number of aromatic nitrogens is 6. The molecule has 0 atom stereocenters. The first kappa shape index (κ1) is 21.8. The zero-order valence-electron chi connectivity index (χ0n) is 20.1. The fourth-order valence-corrected chi connectivity index (χ4v) is 8.16. The Hall–Kier alpha value is -3.70. The molecule has 0 fully saturated rings. The largest absolute Gasteiger partial charge is 0.321 e. The molecule has 0 spiro atoms. The molecular weight excluding hydrogens is 455 g/mol. The lowest BCUT2D eigenvalue weighted by molar-refractivity contribution is 0.584. The highest BCUT2D eigenvalue weighted by molar-refractivity contribution is 7.84. The second-order valence-corrected chi connectivity index (χ2v) is 11.0. The van der Waals surface area contributed by atoms with Crippen LogP contribution in [0.2, 0.25) is 0 Å². The van der Waals surface area contributed by atoms with Crippen molar-refractivity contribution in [2.75, 3.05) is 0 Å². The van der Waals surface area contributed by atoms with Crippen LogP contribution in [0.25, 0.3) is 33.1 Å². The minimum absolute atomic E-state index is 0.524. The van der Waals surface area contributed by atoms with Crippen LogP contribution in [-0.2, 0) is 24.2 Å². The van der Waals surface area contributed by atoms with Crippen molar-refractivity contribution in [3.8, 4) is 0 Å². The summed E-state index contributed by atoms with van der Waals surface area (Å²) in [4.78, 5) is 15.0. The summed E-state index contributed by atoms with van der Waals surface area (Å²) < 4.78 is 22.0. The normalized spacial score (nSPS) is 12.3. The summed E-state index contributed by atoms with van der Waals surface area (Å²) in [6.07, 6.45) is 0. The number of imidazole rings is 3. The molecule has 35 heavy (non-hydrogen) atoms. The van der Waals surface area contributed by atoms with Gasteiger partial charge in [-0.05, 0) is 57.2 Å². The zero-order chi connectivity index (χ0) is 24.2. The Bertz CT molecular complexity index is 1550. The van der Waals surface area contributed by atoms with Gasteiger partial charge < -0.3 is 13.7 Å². The second kappa shape index (κ2) is 8.21. The van der Waals surface area contributed by atoms with Crippen molar-refractivity contribution in [3.05, 3.63) is 72.8 Å². The molecule has 0 saturated heterocycles. The maximum absolute atomic E-state index is 15.8. The van der Waals surface area contributed by atoms with Crippen LogP contribution in [0.4, 0.5) is 0 Å². The third-order valence-corrected chi connectivity index (χ3v) is 9.41. The van der Waals surface area contributed by atoms with E-state index in [1.54, 1.807) is 0 Å². The number of aryl methyl sites for hydroxylation is 3. The van der Waals surface area contributed by atoms with Crippen molar-refractivity contribution in [3.63, 3.8) is 0 Å². The van der Waals surface area contributed by atoms with E-state index in [-0.39, 0.29) is 0 Å². The van der Waals surface area contributed by atoms with Gasteiger partial charge in [-0.2, -0.15) is 0 Å². The summed E-state index contributed by atoms with van der Waals surface area (Å²) >= 11 is 0. The van der Waals surface area contributed by atoms with E-state index >= 15 is 4.57 Å². The highest BCUT2D eigenvalue weighted by Gasteiger charge is 2.44. The summed E-state index contributed by atoms with van der Waals surface area (Å²) in [6.45, 7) is 8.10. The molecule has 3 aromatic carbocycles. The predicted octanol–water partition coefficient (Wildman–Crippen LogP) is 4.43. The van der Waals surface area contributed by atoms with E-state index in [9.17, 15) is 0 Å². The molecule has 0 unspecified atom stereocenters. The summed E-state index contributed by atoms with van der Waals surface area (Å²) in [6, 6.07) is 23.9. The van der Waals surface area contributed by atoms with Crippen LogP contribution in [0, 0.1) is 0 Å². The zero-order valence-corrected chi connectivity index (χ0v) is 21.0. The Labute approximate surface area is 203 Å². The lowest BCUT2D eigenvalue weighted by atomic mass is 10.3. The van der Waals surface area contributed by atoms with Crippen LogP contribution in [0.5, 0.6) is 0 Å². The number of para-hydroxylation sites is 6. The lowest BCUT2D eigenvalue weighted by Crippen LogP contribution is -2.39. The van der Waals surface area contributed by atoms with Crippen LogP contribution in [0.1, 0.15) is 20.8 Å². The van der Waals surface area contributed by atoms with E-state index in [4.69, 9.17) is 15.0 Å². The SMILES string of the molecule is CCn1c(P(=O)(c2nc3ccccc3n2CC)c2nc3ccccc3n2CC)nc2ccccc21. The average Bonchev–Trinajstić information content (AvgIpc) is 3.59. The number of rotatable bonds is 6. The van der Waals surface area contributed by atoms with Gasteiger partial charge in [0.2, 0.25) is 0 Å². The fraction of sp³-hybridized carbons (Fsp3) is 0.222. The lowest BCUT2D eigenvalue weighted by Gasteiger charge is -2.20. The Morgan fingerprint density at radius 2 is 0.829 bits per heavy atom. The number of hydrogen-bond donors (Lipinski definition) is 0. The first-order chi connectivity index (χ1) is 17.1. The van der Waals surface area contributed by atoms with Gasteiger partial charge in [-0.1, -0.05) is 36.4 Å². The molecule has 6 aromatic rings. The molecule has 0 aliphatic carbocycles. The van der Waals surface area contributed by atoms with Gasteiger partial charge in [0, 0.05) is 19.6 Å². The van der Waals surface area contributed by atoms with Crippen molar-refractivity contribution < 1.29 is 4.57 Å². The first-order valence-electron chi connectivity index (χ1n) is 12.1. The minimum Gasteiger partial charge on any atom is -0.321 e. The number of nitrogens with zero attached hydrogens (tertiary/aromatic N) is 6. The third kappa shape index (κ3) is 3.04. The molecule has 176 valence electrons. The van der Waals surface area contributed by atoms with E-state index in [0.717, 1.165) is 33.1 Å². The Kier molecular flexibility index (Phi) is 5.11. The van der Waals surface area contributed by atoms with Gasteiger partial charge in [-0.3, -0.25) is 4.57 Å². The van der Waals surface area contributed by atoms with Crippen LogP contribution in [-0.4, -0.2) is 28.7 Å². The monoisotopic (exact) mass is 482 g/mol. The molecule has 0 radical (unpaired) electrons. The quantitative estimate of drug-likeness (QED) is 0.329. The Morgan fingerprint density at radius 1 is 0.543 bits per heavy atom. The van der Waals surface area contributed by atoms with Crippen molar-refractivity contribution in [2.45, 2.75) is 40.4 Å². The molecule has 0 bridgehead atoms.